The lowest BCUT2D eigenvalue weighted by Gasteiger charge is -2.08. The van der Waals surface area contributed by atoms with Crippen molar-refractivity contribution in [1.29, 1.82) is 0 Å². The van der Waals surface area contributed by atoms with E-state index in [1.165, 1.54) is 12.0 Å². The first-order valence-corrected chi connectivity index (χ1v) is 4.43. The number of aryl methyl sites for hydroxylation is 1. The normalized spacial score (nSPS) is 13.2. The summed E-state index contributed by atoms with van der Waals surface area (Å²) >= 11 is 0. The van der Waals surface area contributed by atoms with Crippen LogP contribution in [0.25, 0.3) is 0 Å². The van der Waals surface area contributed by atoms with E-state index in [0.717, 1.165) is 6.54 Å². The topological polar surface area (TPSA) is 29.9 Å². The van der Waals surface area contributed by atoms with Gasteiger partial charge in [-0.05, 0) is 13.3 Å². The molecule has 0 saturated carbocycles. The molecule has 1 aromatic rings. The van der Waals surface area contributed by atoms with Gasteiger partial charge in [0.15, 0.2) is 0 Å². The number of hydrogen-bond donors (Lipinski definition) is 1. The summed E-state index contributed by atoms with van der Waals surface area (Å²) in [6.45, 7) is 5.29. The summed E-state index contributed by atoms with van der Waals surface area (Å²) in [5, 5.41) is 7.51. The third-order valence-corrected chi connectivity index (χ3v) is 2.03. The molecule has 0 bridgehead atoms. The maximum absolute atomic E-state index is 4.10. The molecule has 0 aliphatic carbocycles. The third kappa shape index (κ3) is 2.66. The lowest BCUT2D eigenvalue weighted by molar-refractivity contribution is 0.534. The predicted octanol–water partition coefficient (Wildman–Crippen LogP) is 1.31. The van der Waals surface area contributed by atoms with E-state index in [2.05, 4.69) is 24.3 Å². The Morgan fingerprint density at radius 2 is 2.42 bits per heavy atom. The highest BCUT2D eigenvalue weighted by Crippen LogP contribution is 1.97. The summed E-state index contributed by atoms with van der Waals surface area (Å²) in [5.41, 5.74) is 1.25. The SMILES string of the molecule is CCC(C)NCc1cnn(C)c1. The molecule has 0 spiro atoms. The third-order valence-electron chi connectivity index (χ3n) is 2.03. The van der Waals surface area contributed by atoms with Crippen LogP contribution in [0.1, 0.15) is 25.8 Å². The Morgan fingerprint density at radius 1 is 1.67 bits per heavy atom. The largest absolute Gasteiger partial charge is 0.310 e. The monoisotopic (exact) mass is 167 g/mol. The van der Waals surface area contributed by atoms with E-state index >= 15 is 0 Å². The average Bonchev–Trinajstić information content (AvgIpc) is 2.47. The van der Waals surface area contributed by atoms with Crippen molar-refractivity contribution in [2.24, 2.45) is 7.05 Å². The van der Waals surface area contributed by atoms with Crippen LogP contribution in [-0.4, -0.2) is 15.8 Å². The van der Waals surface area contributed by atoms with Crippen LogP contribution in [0.15, 0.2) is 12.4 Å². The Bertz CT molecular complexity index is 229. The second kappa shape index (κ2) is 4.26. The van der Waals surface area contributed by atoms with Gasteiger partial charge in [0.2, 0.25) is 0 Å². The summed E-state index contributed by atoms with van der Waals surface area (Å²) in [7, 11) is 1.94. The zero-order valence-electron chi connectivity index (χ0n) is 8.04. The molecule has 1 aromatic heterocycles. The Balaban J connectivity index is 2.33. The summed E-state index contributed by atoms with van der Waals surface area (Å²) in [6.07, 6.45) is 5.10. The molecule has 0 aliphatic heterocycles. The van der Waals surface area contributed by atoms with Crippen molar-refractivity contribution < 1.29 is 0 Å². The van der Waals surface area contributed by atoms with Gasteiger partial charge in [0.25, 0.3) is 0 Å². The fraction of sp³-hybridized carbons (Fsp3) is 0.667. The second-order valence-electron chi connectivity index (χ2n) is 3.21. The van der Waals surface area contributed by atoms with Crippen LogP contribution < -0.4 is 5.32 Å². The van der Waals surface area contributed by atoms with E-state index < -0.39 is 0 Å². The van der Waals surface area contributed by atoms with Crippen LogP contribution in [-0.2, 0) is 13.6 Å². The van der Waals surface area contributed by atoms with Crippen LogP contribution in [0.5, 0.6) is 0 Å². The van der Waals surface area contributed by atoms with Crippen LogP contribution in [0.4, 0.5) is 0 Å². The first-order chi connectivity index (χ1) is 5.72. The van der Waals surface area contributed by atoms with E-state index in [4.69, 9.17) is 0 Å². The van der Waals surface area contributed by atoms with Crippen LogP contribution in [0, 0.1) is 0 Å². The second-order valence-corrected chi connectivity index (χ2v) is 3.21. The maximum Gasteiger partial charge on any atom is 0.0534 e. The van der Waals surface area contributed by atoms with E-state index in [-0.39, 0.29) is 0 Å². The van der Waals surface area contributed by atoms with Crippen molar-refractivity contribution >= 4 is 0 Å². The molecule has 1 unspecified atom stereocenters. The molecule has 1 atom stereocenters. The van der Waals surface area contributed by atoms with Crippen LogP contribution in [0.2, 0.25) is 0 Å². The predicted molar refractivity (Wildman–Crippen MR) is 49.8 cm³/mol. The van der Waals surface area contributed by atoms with Crippen molar-refractivity contribution in [2.75, 3.05) is 0 Å². The Morgan fingerprint density at radius 3 is 2.92 bits per heavy atom. The van der Waals surface area contributed by atoms with Gasteiger partial charge in [0.1, 0.15) is 0 Å². The van der Waals surface area contributed by atoms with Crippen LogP contribution in [0.3, 0.4) is 0 Å². The number of aromatic nitrogens is 2. The number of nitrogens with zero attached hydrogens (tertiary/aromatic N) is 2. The summed E-state index contributed by atoms with van der Waals surface area (Å²) in [4.78, 5) is 0. The van der Waals surface area contributed by atoms with Gasteiger partial charge in [-0.1, -0.05) is 6.92 Å². The van der Waals surface area contributed by atoms with Crippen molar-refractivity contribution in [1.82, 2.24) is 15.1 Å². The first-order valence-electron chi connectivity index (χ1n) is 4.43. The Kier molecular flexibility index (Phi) is 3.29. The maximum atomic E-state index is 4.10. The van der Waals surface area contributed by atoms with Crippen molar-refractivity contribution in [3.8, 4) is 0 Å². The Hall–Kier alpha value is -0.830. The van der Waals surface area contributed by atoms with Crippen molar-refractivity contribution in [2.45, 2.75) is 32.9 Å². The fourth-order valence-corrected chi connectivity index (χ4v) is 1.000. The van der Waals surface area contributed by atoms with E-state index in [1.807, 2.05) is 24.1 Å². The molecule has 12 heavy (non-hydrogen) atoms. The molecule has 0 aliphatic rings. The lowest BCUT2D eigenvalue weighted by Crippen LogP contribution is -2.24. The standard InChI is InChI=1S/C9H17N3/c1-4-8(2)10-5-9-6-11-12(3)7-9/h6-8,10H,4-5H2,1-3H3. The van der Waals surface area contributed by atoms with E-state index in [0.29, 0.717) is 6.04 Å². The molecule has 0 aromatic carbocycles. The molecule has 3 nitrogen and oxygen atoms in total. The quantitative estimate of drug-likeness (QED) is 0.732. The van der Waals surface area contributed by atoms with Gasteiger partial charge in [-0.3, -0.25) is 4.68 Å². The Labute approximate surface area is 73.8 Å². The highest BCUT2D eigenvalue weighted by molar-refractivity contribution is 5.02. The molecule has 3 heteroatoms. The molecule has 0 fully saturated rings. The summed E-state index contributed by atoms with van der Waals surface area (Å²) < 4.78 is 1.83. The number of nitrogens with one attached hydrogen (secondary N) is 1. The van der Waals surface area contributed by atoms with E-state index in [1.54, 1.807) is 0 Å². The molecule has 0 amide bonds. The van der Waals surface area contributed by atoms with Crippen molar-refractivity contribution in [3.05, 3.63) is 18.0 Å². The molecule has 68 valence electrons. The summed E-state index contributed by atoms with van der Waals surface area (Å²) in [5.74, 6) is 0. The van der Waals surface area contributed by atoms with Crippen molar-refractivity contribution in [3.63, 3.8) is 0 Å². The molecule has 0 saturated heterocycles. The van der Waals surface area contributed by atoms with E-state index in [9.17, 15) is 0 Å². The first kappa shape index (κ1) is 9.26. The number of rotatable bonds is 4. The molecule has 1 heterocycles. The van der Waals surface area contributed by atoms with Gasteiger partial charge in [-0.25, -0.2) is 0 Å². The van der Waals surface area contributed by atoms with Gasteiger partial charge < -0.3 is 5.32 Å². The zero-order chi connectivity index (χ0) is 8.97. The molecule has 1 N–H and O–H groups in total. The molecular formula is C9H17N3. The minimum Gasteiger partial charge on any atom is -0.310 e. The van der Waals surface area contributed by atoms with Gasteiger partial charge in [-0.15, -0.1) is 0 Å². The molecule has 0 radical (unpaired) electrons. The lowest BCUT2D eigenvalue weighted by atomic mass is 10.2. The van der Waals surface area contributed by atoms with Gasteiger partial charge in [-0.2, -0.15) is 5.10 Å². The minimum absolute atomic E-state index is 0.588. The number of hydrogen-bond acceptors (Lipinski definition) is 2. The summed E-state index contributed by atoms with van der Waals surface area (Å²) in [6, 6.07) is 0.588. The minimum atomic E-state index is 0.588. The molecular weight excluding hydrogens is 150 g/mol. The van der Waals surface area contributed by atoms with Gasteiger partial charge in [0.05, 0.1) is 6.20 Å². The highest BCUT2D eigenvalue weighted by Gasteiger charge is 1.98. The zero-order valence-corrected chi connectivity index (χ0v) is 8.04. The molecule has 1 rings (SSSR count). The van der Waals surface area contributed by atoms with Crippen LogP contribution >= 0.6 is 0 Å². The van der Waals surface area contributed by atoms with Gasteiger partial charge >= 0.3 is 0 Å². The smallest absolute Gasteiger partial charge is 0.0534 e. The van der Waals surface area contributed by atoms with Gasteiger partial charge in [0, 0.05) is 31.4 Å². The highest BCUT2D eigenvalue weighted by atomic mass is 15.2. The fourth-order valence-electron chi connectivity index (χ4n) is 1.000. The average molecular weight is 167 g/mol.